The number of esters is 1. The molecular weight excluding hydrogens is 374 g/mol. The summed E-state index contributed by atoms with van der Waals surface area (Å²) in [5.74, 6) is 2.62. The Balaban J connectivity index is 3.26. The van der Waals surface area contributed by atoms with Gasteiger partial charge in [-0.3, -0.25) is 4.79 Å². The van der Waals surface area contributed by atoms with Gasteiger partial charge in [-0.25, -0.2) is 0 Å². The van der Waals surface area contributed by atoms with Gasteiger partial charge in [0.25, 0.3) is 0 Å². The van der Waals surface area contributed by atoms with E-state index < -0.39 is 0 Å². The first-order valence-electron chi connectivity index (χ1n) is 11.1. The molecule has 0 aromatic heterocycles. The van der Waals surface area contributed by atoms with Gasteiger partial charge in [-0.1, -0.05) is 45.4 Å². The normalized spacial score (nSPS) is 12.5. The zero-order valence-corrected chi connectivity index (χ0v) is 20.1. The van der Waals surface area contributed by atoms with Crippen molar-refractivity contribution in [1.29, 1.82) is 0 Å². The Bertz CT molecular complexity index is 327. The van der Waals surface area contributed by atoms with Gasteiger partial charge in [0, 0.05) is 11.5 Å². The molecule has 1 unspecified atom stereocenters. The Morgan fingerprint density at radius 2 is 1.48 bits per heavy atom. The number of rotatable bonds is 20. The average Bonchev–Trinajstić information content (AvgIpc) is 2.61. The largest absolute Gasteiger partial charge is 0.463 e. The van der Waals surface area contributed by atoms with Gasteiger partial charge in [-0.15, -0.1) is 0 Å². The van der Waals surface area contributed by atoms with Crippen LogP contribution in [-0.4, -0.2) is 54.2 Å². The van der Waals surface area contributed by atoms with Gasteiger partial charge >= 0.3 is 5.97 Å². The molecule has 0 rings (SSSR count). The molecule has 3 nitrogen and oxygen atoms in total. The first-order chi connectivity index (χ1) is 13.1. The SMILES string of the molecule is CCCCCSCSCCCCCCCCC(C)OC(=O)CCCN(C)C. The highest BCUT2D eigenvalue weighted by Gasteiger charge is 2.09. The molecule has 0 spiro atoms. The Labute approximate surface area is 178 Å². The van der Waals surface area contributed by atoms with E-state index in [0.717, 1.165) is 19.4 Å². The van der Waals surface area contributed by atoms with Crippen molar-refractivity contribution >= 4 is 29.5 Å². The molecule has 27 heavy (non-hydrogen) atoms. The van der Waals surface area contributed by atoms with E-state index in [1.807, 2.05) is 21.0 Å². The maximum atomic E-state index is 11.7. The van der Waals surface area contributed by atoms with E-state index in [9.17, 15) is 4.79 Å². The van der Waals surface area contributed by atoms with Crippen LogP contribution < -0.4 is 0 Å². The highest BCUT2D eigenvalue weighted by molar-refractivity contribution is 8.15. The molecule has 0 radical (unpaired) electrons. The highest BCUT2D eigenvalue weighted by Crippen LogP contribution is 2.17. The molecule has 0 aliphatic carbocycles. The maximum absolute atomic E-state index is 11.7. The van der Waals surface area contributed by atoms with Gasteiger partial charge in [0.15, 0.2) is 0 Å². The van der Waals surface area contributed by atoms with Crippen molar-refractivity contribution in [3.63, 3.8) is 0 Å². The minimum Gasteiger partial charge on any atom is -0.463 e. The monoisotopic (exact) mass is 419 g/mol. The number of hydrogen-bond donors (Lipinski definition) is 0. The fourth-order valence-electron chi connectivity index (χ4n) is 2.86. The van der Waals surface area contributed by atoms with Gasteiger partial charge in [0.1, 0.15) is 0 Å². The summed E-state index contributed by atoms with van der Waals surface area (Å²) in [4.78, 5) is 13.8. The molecule has 0 saturated carbocycles. The van der Waals surface area contributed by atoms with E-state index in [-0.39, 0.29) is 12.1 Å². The third-order valence-corrected chi connectivity index (χ3v) is 7.02. The van der Waals surface area contributed by atoms with E-state index >= 15 is 0 Å². The lowest BCUT2D eigenvalue weighted by Gasteiger charge is -2.14. The number of carbonyl (C=O) groups excluding carboxylic acids is 1. The van der Waals surface area contributed by atoms with Gasteiger partial charge in [0.05, 0.1) is 6.10 Å². The highest BCUT2D eigenvalue weighted by atomic mass is 32.2. The average molecular weight is 420 g/mol. The summed E-state index contributed by atoms with van der Waals surface area (Å²) >= 11 is 4.21. The fourth-order valence-corrected chi connectivity index (χ4v) is 5.09. The minimum atomic E-state index is -0.0367. The Morgan fingerprint density at radius 1 is 0.889 bits per heavy atom. The van der Waals surface area contributed by atoms with Crippen LogP contribution in [-0.2, 0) is 9.53 Å². The summed E-state index contributed by atoms with van der Waals surface area (Å²) in [5.41, 5.74) is 0. The molecular formula is C22H45NO2S2. The Kier molecular flexibility index (Phi) is 21.0. The van der Waals surface area contributed by atoms with Crippen LogP contribution >= 0.6 is 23.5 Å². The molecule has 0 saturated heterocycles. The summed E-state index contributed by atoms with van der Waals surface area (Å²) in [6.07, 6.45) is 14.4. The van der Waals surface area contributed by atoms with Crippen LogP contribution in [0.3, 0.4) is 0 Å². The predicted molar refractivity (Wildman–Crippen MR) is 125 cm³/mol. The molecule has 0 amide bonds. The zero-order chi connectivity index (χ0) is 20.2. The summed E-state index contributed by atoms with van der Waals surface area (Å²) in [5, 5.41) is 1.27. The third-order valence-electron chi connectivity index (χ3n) is 4.53. The van der Waals surface area contributed by atoms with Crippen molar-refractivity contribution in [3.8, 4) is 0 Å². The van der Waals surface area contributed by atoms with Crippen LogP contribution in [0.15, 0.2) is 0 Å². The summed E-state index contributed by atoms with van der Waals surface area (Å²) in [7, 11) is 4.06. The van der Waals surface area contributed by atoms with Crippen LogP contribution in [0.25, 0.3) is 0 Å². The van der Waals surface area contributed by atoms with Crippen molar-refractivity contribution in [2.75, 3.05) is 37.2 Å². The quantitative estimate of drug-likeness (QED) is 0.126. The molecule has 5 heteroatoms. The van der Waals surface area contributed by atoms with Gasteiger partial charge < -0.3 is 9.64 Å². The number of nitrogens with zero attached hydrogens (tertiary/aromatic N) is 1. The minimum absolute atomic E-state index is 0.0367. The molecule has 0 aromatic carbocycles. The Hall–Kier alpha value is 0.130. The van der Waals surface area contributed by atoms with Gasteiger partial charge in [-0.05, 0) is 71.2 Å². The fraction of sp³-hybridized carbons (Fsp3) is 0.955. The first kappa shape index (κ1) is 27.1. The molecule has 162 valence electrons. The van der Waals surface area contributed by atoms with Crippen LogP contribution in [0, 0.1) is 0 Å². The first-order valence-corrected chi connectivity index (χ1v) is 13.4. The van der Waals surface area contributed by atoms with Crippen LogP contribution in [0.5, 0.6) is 0 Å². The second-order valence-electron chi connectivity index (χ2n) is 7.76. The zero-order valence-electron chi connectivity index (χ0n) is 18.5. The molecule has 1 atom stereocenters. The standard InChI is InChI=1S/C22H45NO2S2/c1-5-6-12-18-26-20-27-19-13-10-8-7-9-11-15-21(2)25-22(24)16-14-17-23(3)4/h21H,5-20H2,1-4H3. The number of ether oxygens (including phenoxy) is 1. The number of carbonyl (C=O) groups is 1. The van der Waals surface area contributed by atoms with Crippen molar-refractivity contribution in [2.45, 2.75) is 97.0 Å². The van der Waals surface area contributed by atoms with E-state index in [4.69, 9.17) is 4.74 Å². The predicted octanol–water partition coefficient (Wildman–Crippen LogP) is 6.60. The summed E-state index contributed by atoms with van der Waals surface area (Å²) in [6.45, 7) is 5.24. The molecule has 0 heterocycles. The van der Waals surface area contributed by atoms with E-state index in [0.29, 0.717) is 6.42 Å². The second kappa shape index (κ2) is 20.9. The third kappa shape index (κ3) is 22.3. The lowest BCUT2D eigenvalue weighted by Crippen LogP contribution is -2.18. The molecule has 0 aliphatic heterocycles. The van der Waals surface area contributed by atoms with Gasteiger partial charge in [0.2, 0.25) is 0 Å². The van der Waals surface area contributed by atoms with E-state index in [1.165, 1.54) is 74.4 Å². The molecule has 0 bridgehead atoms. The lowest BCUT2D eigenvalue weighted by atomic mass is 10.1. The maximum Gasteiger partial charge on any atom is 0.306 e. The van der Waals surface area contributed by atoms with Crippen molar-refractivity contribution in [1.82, 2.24) is 4.90 Å². The van der Waals surface area contributed by atoms with Crippen molar-refractivity contribution in [3.05, 3.63) is 0 Å². The van der Waals surface area contributed by atoms with Crippen molar-refractivity contribution in [2.24, 2.45) is 0 Å². The number of hydrogen-bond acceptors (Lipinski definition) is 5. The molecule has 0 aliphatic rings. The lowest BCUT2D eigenvalue weighted by molar-refractivity contribution is -0.148. The van der Waals surface area contributed by atoms with E-state index in [2.05, 4.69) is 35.3 Å². The Morgan fingerprint density at radius 3 is 2.11 bits per heavy atom. The smallest absolute Gasteiger partial charge is 0.306 e. The molecule has 0 fully saturated rings. The van der Waals surface area contributed by atoms with Crippen molar-refractivity contribution < 1.29 is 9.53 Å². The summed E-state index contributed by atoms with van der Waals surface area (Å²) < 4.78 is 5.48. The number of thioether (sulfide) groups is 2. The van der Waals surface area contributed by atoms with Gasteiger partial charge in [-0.2, -0.15) is 23.5 Å². The van der Waals surface area contributed by atoms with E-state index in [1.54, 1.807) is 0 Å². The van der Waals surface area contributed by atoms with Crippen LogP contribution in [0.4, 0.5) is 0 Å². The van der Waals surface area contributed by atoms with Crippen LogP contribution in [0.2, 0.25) is 0 Å². The summed E-state index contributed by atoms with van der Waals surface area (Å²) in [6, 6.07) is 0. The molecule has 0 N–H and O–H groups in total. The molecule has 0 aromatic rings. The number of unbranched alkanes of at least 4 members (excludes halogenated alkanes) is 7. The second-order valence-corrected chi connectivity index (χ2v) is 10.3. The topological polar surface area (TPSA) is 29.5 Å². The van der Waals surface area contributed by atoms with Crippen LogP contribution in [0.1, 0.15) is 90.9 Å².